The molecule has 1 N–H and O–H groups in total. The molecule has 2 atom stereocenters. The molecule has 13 heteroatoms. The van der Waals surface area contributed by atoms with Gasteiger partial charge in [0.25, 0.3) is 10.0 Å². The van der Waals surface area contributed by atoms with E-state index >= 15 is 0 Å². The third-order valence-electron chi connectivity index (χ3n) is 5.38. The topological polar surface area (TPSA) is 76.5 Å². The molecule has 7 nitrogen and oxygen atoms in total. The van der Waals surface area contributed by atoms with Crippen LogP contribution in [-0.2, 0) is 17.1 Å². The number of aromatic nitrogens is 2. The molecule has 2 aromatic carbocycles. The summed E-state index contributed by atoms with van der Waals surface area (Å²) in [6.45, 7) is 0.0563. The first-order valence-corrected chi connectivity index (χ1v) is 11.8. The van der Waals surface area contributed by atoms with Crippen molar-refractivity contribution in [1.29, 1.82) is 0 Å². The number of sulfonamides is 1. The van der Waals surface area contributed by atoms with Crippen LogP contribution in [0.3, 0.4) is 0 Å². The van der Waals surface area contributed by atoms with E-state index in [1.165, 1.54) is 45.7 Å². The molecule has 2 heterocycles. The summed E-state index contributed by atoms with van der Waals surface area (Å²) in [4.78, 5) is 3.93. The fraction of sp³-hybridized carbons (Fsp3) is 0.286. The Bertz CT molecular complexity index is 1280. The van der Waals surface area contributed by atoms with Crippen molar-refractivity contribution < 1.29 is 30.7 Å². The van der Waals surface area contributed by atoms with Crippen molar-refractivity contribution in [3.8, 4) is 5.75 Å². The third kappa shape index (κ3) is 5.29. The molecular weight excluding hydrogens is 500 g/mol. The highest BCUT2D eigenvalue weighted by Gasteiger charge is 2.41. The van der Waals surface area contributed by atoms with Gasteiger partial charge in [-0.25, -0.2) is 17.8 Å². The number of hydrogen-bond acceptors (Lipinski definition) is 5. The van der Waals surface area contributed by atoms with Crippen LogP contribution in [0.25, 0.3) is 0 Å². The van der Waals surface area contributed by atoms with Crippen LogP contribution in [0.15, 0.2) is 60.0 Å². The number of rotatable bonds is 6. The zero-order valence-electron chi connectivity index (χ0n) is 17.6. The van der Waals surface area contributed by atoms with E-state index in [4.69, 9.17) is 11.6 Å². The van der Waals surface area contributed by atoms with Crippen LogP contribution in [0, 0.1) is 5.82 Å². The molecule has 34 heavy (non-hydrogen) atoms. The van der Waals surface area contributed by atoms with Gasteiger partial charge in [-0.1, -0.05) is 23.7 Å². The number of nitrogens with zero attached hydrogens (tertiary/aromatic N) is 3. The van der Waals surface area contributed by atoms with Crippen molar-refractivity contribution >= 4 is 27.3 Å². The molecular formula is C21H19ClF4N4O3S. The Morgan fingerprint density at radius 1 is 1.15 bits per heavy atom. The summed E-state index contributed by atoms with van der Waals surface area (Å²) in [6.07, 6.45) is -2.19. The van der Waals surface area contributed by atoms with Gasteiger partial charge in [0.15, 0.2) is 5.03 Å². The largest absolute Gasteiger partial charge is 0.573 e. The van der Waals surface area contributed by atoms with E-state index in [2.05, 4.69) is 15.0 Å². The van der Waals surface area contributed by atoms with Crippen molar-refractivity contribution in [3.05, 3.63) is 71.4 Å². The summed E-state index contributed by atoms with van der Waals surface area (Å²) in [7, 11) is -2.30. The van der Waals surface area contributed by atoms with E-state index in [9.17, 15) is 26.0 Å². The normalized spacial score (nSPS) is 19.4. The van der Waals surface area contributed by atoms with Crippen LogP contribution in [-0.4, -0.2) is 47.8 Å². The second-order valence-electron chi connectivity index (χ2n) is 7.80. The molecule has 1 aliphatic heterocycles. The second-order valence-corrected chi connectivity index (χ2v) is 10.1. The number of nitrogens with one attached hydrogen (secondary N) is 1. The van der Waals surface area contributed by atoms with E-state index in [1.807, 2.05) is 0 Å². The van der Waals surface area contributed by atoms with E-state index in [0.717, 1.165) is 6.07 Å². The van der Waals surface area contributed by atoms with Crippen molar-refractivity contribution in [1.82, 2.24) is 13.9 Å². The lowest BCUT2D eigenvalue weighted by Crippen LogP contribution is -2.32. The van der Waals surface area contributed by atoms with Gasteiger partial charge < -0.3 is 14.6 Å². The first kappa shape index (κ1) is 24.3. The van der Waals surface area contributed by atoms with Crippen LogP contribution in [0.4, 0.5) is 23.2 Å². The number of alkyl halides is 3. The van der Waals surface area contributed by atoms with Gasteiger partial charge in [0.1, 0.15) is 11.6 Å². The van der Waals surface area contributed by atoms with Gasteiger partial charge in [-0.15, -0.1) is 13.2 Å². The first-order valence-electron chi connectivity index (χ1n) is 9.98. The van der Waals surface area contributed by atoms with Gasteiger partial charge in [-0.2, -0.15) is 4.31 Å². The average Bonchev–Trinajstić information content (AvgIpc) is 3.37. The highest BCUT2D eigenvalue weighted by molar-refractivity contribution is 7.89. The quantitative estimate of drug-likeness (QED) is 0.490. The number of hydrogen-bond donors (Lipinski definition) is 1. The zero-order valence-corrected chi connectivity index (χ0v) is 19.2. The van der Waals surface area contributed by atoms with Gasteiger partial charge in [-0.3, -0.25) is 0 Å². The summed E-state index contributed by atoms with van der Waals surface area (Å²) in [5.41, 5.74) is 0.913. The molecule has 0 radical (unpaired) electrons. The zero-order chi connectivity index (χ0) is 24.7. The number of benzene rings is 2. The molecule has 0 unspecified atom stereocenters. The molecule has 4 rings (SSSR count). The van der Waals surface area contributed by atoms with E-state index in [1.54, 1.807) is 19.2 Å². The summed E-state index contributed by atoms with van der Waals surface area (Å²) in [6, 6.07) is 8.87. The van der Waals surface area contributed by atoms with Gasteiger partial charge in [0, 0.05) is 50.0 Å². The van der Waals surface area contributed by atoms with E-state index in [0.29, 0.717) is 5.56 Å². The minimum Gasteiger partial charge on any atom is -0.404 e. The highest BCUT2D eigenvalue weighted by atomic mass is 35.5. The van der Waals surface area contributed by atoms with Crippen LogP contribution >= 0.6 is 11.6 Å². The second kappa shape index (κ2) is 9.08. The molecule has 1 aliphatic rings. The lowest BCUT2D eigenvalue weighted by Gasteiger charge is -2.22. The predicted molar refractivity (Wildman–Crippen MR) is 117 cm³/mol. The highest BCUT2D eigenvalue weighted by Crippen LogP contribution is 2.36. The standard InChI is InChI=1S/C21H19ClF4N4O3S/c1-29-11-20(27-12-29)34(31,32)30-9-16(13-2-4-14(23)5-3-13)18(10-30)28-15-6-7-17(22)19(8-15)33-21(24,25)26/h2-8,11-12,16,18,28H,9-10H2,1H3/t16-,18+/m0/s1. The fourth-order valence-corrected chi connectivity index (χ4v) is 5.44. The fourth-order valence-electron chi connectivity index (χ4n) is 3.82. The third-order valence-corrected chi connectivity index (χ3v) is 7.41. The molecule has 1 fully saturated rings. The van der Waals surface area contributed by atoms with Crippen LogP contribution in [0.2, 0.25) is 5.02 Å². The maximum Gasteiger partial charge on any atom is 0.573 e. The molecule has 1 aromatic heterocycles. The van der Waals surface area contributed by atoms with E-state index in [-0.39, 0.29) is 28.8 Å². The maximum absolute atomic E-state index is 13.5. The number of anilines is 1. The molecule has 0 aliphatic carbocycles. The Hall–Kier alpha value is -2.83. The minimum absolute atomic E-state index is 0.000954. The van der Waals surface area contributed by atoms with Crippen LogP contribution < -0.4 is 10.1 Å². The molecule has 0 saturated carbocycles. The van der Waals surface area contributed by atoms with Crippen molar-refractivity contribution in [2.75, 3.05) is 18.4 Å². The van der Waals surface area contributed by atoms with Crippen molar-refractivity contribution in [2.24, 2.45) is 7.05 Å². The van der Waals surface area contributed by atoms with Gasteiger partial charge in [0.2, 0.25) is 0 Å². The van der Waals surface area contributed by atoms with Crippen molar-refractivity contribution in [2.45, 2.75) is 23.3 Å². The Labute approximate surface area is 198 Å². The molecule has 0 bridgehead atoms. The Morgan fingerprint density at radius 3 is 2.47 bits per heavy atom. The smallest absolute Gasteiger partial charge is 0.404 e. The Kier molecular flexibility index (Phi) is 6.49. The summed E-state index contributed by atoms with van der Waals surface area (Å²) in [5, 5.41) is 2.73. The number of ether oxygens (including phenoxy) is 1. The van der Waals surface area contributed by atoms with E-state index < -0.39 is 39.9 Å². The SMILES string of the molecule is Cn1cnc(S(=O)(=O)N2C[C@@H](Nc3ccc(Cl)c(OC(F)(F)F)c3)[C@H](c3ccc(F)cc3)C2)c1. The molecule has 1 saturated heterocycles. The maximum atomic E-state index is 13.5. The molecule has 0 spiro atoms. The van der Waals surface area contributed by atoms with Gasteiger partial charge in [0.05, 0.1) is 11.3 Å². The summed E-state index contributed by atoms with van der Waals surface area (Å²) >= 11 is 5.83. The number of imidazole rings is 1. The average molecular weight is 519 g/mol. The van der Waals surface area contributed by atoms with Crippen LogP contribution in [0.1, 0.15) is 11.5 Å². The predicted octanol–water partition coefficient (Wildman–Crippen LogP) is 4.38. The Balaban J connectivity index is 1.65. The summed E-state index contributed by atoms with van der Waals surface area (Å²) < 4.78 is 84.6. The summed E-state index contributed by atoms with van der Waals surface area (Å²) in [5.74, 6) is -1.47. The first-order chi connectivity index (χ1) is 15.9. The van der Waals surface area contributed by atoms with Crippen molar-refractivity contribution in [3.63, 3.8) is 0 Å². The lowest BCUT2D eigenvalue weighted by atomic mass is 9.94. The minimum atomic E-state index is -4.93. The Morgan fingerprint density at radius 2 is 1.85 bits per heavy atom. The molecule has 0 amide bonds. The van der Waals surface area contributed by atoms with Gasteiger partial charge in [-0.05, 0) is 29.8 Å². The molecule has 182 valence electrons. The van der Waals surface area contributed by atoms with Crippen LogP contribution in [0.5, 0.6) is 5.75 Å². The number of halogens is 5. The van der Waals surface area contributed by atoms with Gasteiger partial charge >= 0.3 is 6.36 Å². The lowest BCUT2D eigenvalue weighted by molar-refractivity contribution is -0.274. The number of aryl methyl sites for hydroxylation is 1. The molecule has 3 aromatic rings. The monoisotopic (exact) mass is 518 g/mol.